The van der Waals surface area contributed by atoms with Gasteiger partial charge in [0.25, 0.3) is 0 Å². The Labute approximate surface area is 105 Å². The van der Waals surface area contributed by atoms with Crippen LogP contribution in [0.2, 0.25) is 0 Å². The molecule has 0 spiro atoms. The normalized spacial score (nSPS) is 37.7. The zero-order valence-corrected chi connectivity index (χ0v) is 10.5. The number of hydrogen-bond acceptors (Lipinski definition) is 4. The molecule has 2 aliphatic heterocycles. The molecule has 0 amide bonds. The summed E-state index contributed by atoms with van der Waals surface area (Å²) in [6.45, 7) is 0. The molecule has 1 N–H and O–H groups in total. The summed E-state index contributed by atoms with van der Waals surface area (Å²) in [6.07, 6.45) is 2.61. The van der Waals surface area contributed by atoms with Crippen LogP contribution in [-0.2, 0) is 15.4 Å². The predicted molar refractivity (Wildman–Crippen MR) is 63.1 cm³/mol. The summed E-state index contributed by atoms with van der Waals surface area (Å²) >= 11 is 0. The van der Waals surface area contributed by atoms with Gasteiger partial charge in [-0.3, -0.25) is 4.98 Å². The minimum Gasteiger partial charge on any atom is -0.383 e. The maximum absolute atomic E-state index is 12.8. The lowest BCUT2D eigenvalue weighted by atomic mass is 9.89. The van der Waals surface area contributed by atoms with Gasteiger partial charge >= 0.3 is 0 Å². The smallest absolute Gasteiger partial charge is 0.156 e. The molecule has 2 saturated heterocycles. The number of aliphatic hydroxyl groups is 1. The van der Waals surface area contributed by atoms with Crippen LogP contribution in [0, 0.1) is 5.82 Å². The van der Waals surface area contributed by atoms with E-state index in [4.69, 9.17) is 0 Å². The molecule has 0 radical (unpaired) electrons. The van der Waals surface area contributed by atoms with Gasteiger partial charge in [-0.15, -0.1) is 0 Å². The standard InChI is InChI=1S/C12H14FNO3S/c13-8-1-4-11(14-7-8)12(15)5-9-2-3-10(6-12)18(9,16)17/h1,4,7,9-10,15H,2-3,5-6H2. The predicted octanol–water partition coefficient (Wildman–Crippen LogP) is 1.15. The van der Waals surface area contributed by atoms with Crippen LogP contribution in [0.1, 0.15) is 31.4 Å². The Balaban J connectivity index is 1.97. The molecule has 0 aromatic carbocycles. The van der Waals surface area contributed by atoms with Crippen molar-refractivity contribution >= 4 is 9.84 Å². The average Bonchev–Trinajstić information content (AvgIpc) is 2.51. The number of aromatic nitrogens is 1. The Morgan fingerprint density at radius 2 is 1.89 bits per heavy atom. The van der Waals surface area contributed by atoms with Gasteiger partial charge in [0, 0.05) is 0 Å². The molecule has 2 aliphatic rings. The average molecular weight is 271 g/mol. The number of halogens is 1. The van der Waals surface area contributed by atoms with Gasteiger partial charge in [-0.25, -0.2) is 12.8 Å². The Morgan fingerprint density at radius 3 is 2.39 bits per heavy atom. The van der Waals surface area contributed by atoms with E-state index in [0.29, 0.717) is 18.5 Å². The lowest BCUT2D eigenvalue weighted by Gasteiger charge is -2.35. The molecule has 1 aromatic rings. The van der Waals surface area contributed by atoms with Crippen LogP contribution in [0.4, 0.5) is 4.39 Å². The topological polar surface area (TPSA) is 67.3 Å². The Kier molecular flexibility index (Phi) is 2.50. The van der Waals surface area contributed by atoms with E-state index < -0.39 is 31.8 Å². The lowest BCUT2D eigenvalue weighted by Crippen LogP contribution is -2.43. The summed E-state index contributed by atoms with van der Waals surface area (Å²) in [5, 5.41) is 9.64. The first-order chi connectivity index (χ1) is 8.42. The second-order valence-electron chi connectivity index (χ2n) is 5.21. The summed E-state index contributed by atoms with van der Waals surface area (Å²) in [5.41, 5.74) is -0.860. The first-order valence-electron chi connectivity index (χ1n) is 5.99. The molecule has 18 heavy (non-hydrogen) atoms. The van der Waals surface area contributed by atoms with E-state index in [1.54, 1.807) is 0 Å². The van der Waals surface area contributed by atoms with Crippen LogP contribution in [-0.4, -0.2) is 29.0 Å². The maximum Gasteiger partial charge on any atom is 0.156 e. The second-order valence-corrected chi connectivity index (χ2v) is 7.72. The Hall–Kier alpha value is -1.01. The third-order valence-electron chi connectivity index (χ3n) is 4.07. The van der Waals surface area contributed by atoms with Crippen LogP contribution in [0.25, 0.3) is 0 Å². The van der Waals surface area contributed by atoms with E-state index in [2.05, 4.69) is 4.98 Å². The van der Waals surface area contributed by atoms with Gasteiger partial charge in [0.05, 0.1) is 22.4 Å². The largest absolute Gasteiger partial charge is 0.383 e. The van der Waals surface area contributed by atoms with E-state index in [9.17, 15) is 17.9 Å². The molecule has 6 heteroatoms. The molecule has 1 aromatic heterocycles. The fraction of sp³-hybridized carbons (Fsp3) is 0.583. The quantitative estimate of drug-likeness (QED) is 0.832. The van der Waals surface area contributed by atoms with Crippen molar-refractivity contribution in [2.45, 2.75) is 41.8 Å². The van der Waals surface area contributed by atoms with Crippen molar-refractivity contribution < 1.29 is 17.9 Å². The summed E-state index contributed by atoms with van der Waals surface area (Å²) in [6, 6.07) is 2.68. The van der Waals surface area contributed by atoms with Gasteiger partial charge in [-0.1, -0.05) is 0 Å². The van der Waals surface area contributed by atoms with Crippen molar-refractivity contribution in [3.63, 3.8) is 0 Å². The van der Waals surface area contributed by atoms with Crippen LogP contribution in [0.5, 0.6) is 0 Å². The zero-order chi connectivity index (χ0) is 13.0. The van der Waals surface area contributed by atoms with Crippen molar-refractivity contribution in [2.75, 3.05) is 0 Å². The van der Waals surface area contributed by atoms with Gasteiger partial charge in [-0.05, 0) is 37.8 Å². The first-order valence-corrected chi connectivity index (χ1v) is 7.60. The molecule has 2 bridgehead atoms. The van der Waals surface area contributed by atoms with Gasteiger partial charge in [-0.2, -0.15) is 0 Å². The molecule has 2 atom stereocenters. The highest BCUT2D eigenvalue weighted by molar-refractivity contribution is 7.93. The summed E-state index contributed by atoms with van der Waals surface area (Å²) in [5.74, 6) is -0.464. The minimum absolute atomic E-state index is 0.171. The van der Waals surface area contributed by atoms with Crippen molar-refractivity contribution in [3.05, 3.63) is 29.8 Å². The molecule has 2 fully saturated rings. The monoisotopic (exact) mass is 271 g/mol. The summed E-state index contributed by atoms with van der Waals surface area (Å²) in [4.78, 5) is 3.90. The molecule has 3 heterocycles. The number of sulfone groups is 1. The third-order valence-corrected chi connectivity index (χ3v) is 6.74. The van der Waals surface area contributed by atoms with Gasteiger partial charge in [0.1, 0.15) is 11.4 Å². The van der Waals surface area contributed by atoms with E-state index in [0.717, 1.165) is 6.20 Å². The lowest BCUT2D eigenvalue weighted by molar-refractivity contribution is 0.0130. The minimum atomic E-state index is -3.08. The van der Waals surface area contributed by atoms with E-state index in [-0.39, 0.29) is 12.8 Å². The molecular weight excluding hydrogens is 257 g/mol. The maximum atomic E-state index is 12.8. The highest BCUT2D eigenvalue weighted by atomic mass is 32.2. The molecule has 0 saturated carbocycles. The Bertz CT molecular complexity index is 549. The highest BCUT2D eigenvalue weighted by Gasteiger charge is 2.53. The van der Waals surface area contributed by atoms with Crippen molar-refractivity contribution in [1.29, 1.82) is 0 Å². The van der Waals surface area contributed by atoms with Gasteiger partial charge in [0.2, 0.25) is 0 Å². The molecule has 0 aliphatic carbocycles. The Morgan fingerprint density at radius 1 is 1.28 bits per heavy atom. The fourth-order valence-corrected chi connectivity index (χ4v) is 5.60. The summed E-state index contributed by atoms with van der Waals surface area (Å²) < 4.78 is 36.7. The van der Waals surface area contributed by atoms with Crippen LogP contribution in [0.3, 0.4) is 0 Å². The van der Waals surface area contributed by atoms with Crippen LogP contribution >= 0.6 is 0 Å². The molecule has 3 rings (SSSR count). The second kappa shape index (κ2) is 3.74. The van der Waals surface area contributed by atoms with Gasteiger partial charge in [0.15, 0.2) is 9.84 Å². The molecule has 4 nitrogen and oxygen atoms in total. The number of nitrogens with zero attached hydrogens (tertiary/aromatic N) is 1. The van der Waals surface area contributed by atoms with Crippen LogP contribution < -0.4 is 0 Å². The zero-order valence-electron chi connectivity index (χ0n) is 9.71. The highest BCUT2D eigenvalue weighted by Crippen LogP contribution is 2.46. The fourth-order valence-electron chi connectivity index (χ4n) is 3.11. The van der Waals surface area contributed by atoms with Crippen LogP contribution in [0.15, 0.2) is 18.3 Å². The molecule has 2 unspecified atom stereocenters. The van der Waals surface area contributed by atoms with Crippen molar-refractivity contribution in [1.82, 2.24) is 4.98 Å². The van der Waals surface area contributed by atoms with Crippen molar-refractivity contribution in [2.24, 2.45) is 0 Å². The molecule has 98 valence electrons. The first kappa shape index (κ1) is 12.0. The van der Waals surface area contributed by atoms with E-state index >= 15 is 0 Å². The number of rotatable bonds is 1. The van der Waals surface area contributed by atoms with Gasteiger partial charge < -0.3 is 5.11 Å². The van der Waals surface area contributed by atoms with E-state index in [1.807, 2.05) is 0 Å². The molecular formula is C12H14FNO3S. The van der Waals surface area contributed by atoms with E-state index in [1.165, 1.54) is 12.1 Å². The SMILES string of the molecule is O=S1(=O)C2CCC1CC(O)(c1ccc(F)cn1)C2. The number of pyridine rings is 1. The number of hydrogen-bond donors (Lipinski definition) is 1. The number of fused-ring (bicyclic) bond motifs is 2. The third kappa shape index (κ3) is 1.66. The summed E-state index contributed by atoms with van der Waals surface area (Å²) in [7, 11) is -3.08. The van der Waals surface area contributed by atoms with Crippen molar-refractivity contribution in [3.8, 4) is 0 Å².